The van der Waals surface area contributed by atoms with Gasteiger partial charge in [0.1, 0.15) is 25.4 Å². The van der Waals surface area contributed by atoms with E-state index >= 15 is 0 Å². The first-order valence-corrected chi connectivity index (χ1v) is 43.4. The fourth-order valence-corrected chi connectivity index (χ4v) is 11.6. The summed E-state index contributed by atoms with van der Waals surface area (Å²) in [7, 11) is -9.85. The second kappa shape index (κ2) is 79.7. The molecule has 0 saturated carbocycles. The topological polar surface area (TPSA) is 231 Å². The fraction of sp³-hybridized carbons (Fsp3) is 0.584. The van der Waals surface area contributed by atoms with Crippen LogP contribution in [0.25, 0.3) is 0 Å². The monoisotopic (exact) mass is 1530 g/mol. The van der Waals surface area contributed by atoms with E-state index in [2.05, 4.69) is 191 Å². The molecule has 604 valence electrons. The molecular formula is C89H142O16P2. The van der Waals surface area contributed by atoms with E-state index in [0.717, 1.165) is 116 Å². The third-order valence-electron chi connectivity index (χ3n) is 16.0. The van der Waals surface area contributed by atoms with Crippen LogP contribution in [-0.2, 0) is 55.8 Å². The third-order valence-corrected chi connectivity index (χ3v) is 17.9. The smallest absolute Gasteiger partial charge is 0.463 e. The zero-order valence-corrected chi connectivity index (χ0v) is 67.8. The predicted octanol–water partition coefficient (Wildman–Crippen LogP) is 24.1. The lowest BCUT2D eigenvalue weighted by atomic mass is 10.0. The Labute approximate surface area is 648 Å². The number of hydrogen-bond acceptors (Lipinski definition) is 14. The molecule has 107 heavy (non-hydrogen) atoms. The molecule has 18 heteroatoms. The van der Waals surface area contributed by atoms with Crippen molar-refractivity contribution in [1.82, 2.24) is 0 Å². The molecule has 5 atom stereocenters. The Hall–Kier alpha value is -5.87. The van der Waals surface area contributed by atoms with Crippen molar-refractivity contribution in [3.8, 4) is 0 Å². The number of phosphoric ester groups is 2. The number of aliphatic hydroxyl groups is 2. The van der Waals surface area contributed by atoms with Crippen molar-refractivity contribution in [3.63, 3.8) is 0 Å². The van der Waals surface area contributed by atoms with Crippen LogP contribution in [0.2, 0.25) is 0 Å². The van der Waals surface area contributed by atoms with Crippen molar-refractivity contribution in [2.75, 3.05) is 39.6 Å². The van der Waals surface area contributed by atoms with Gasteiger partial charge >= 0.3 is 33.6 Å². The van der Waals surface area contributed by atoms with Crippen molar-refractivity contribution >= 4 is 33.6 Å². The van der Waals surface area contributed by atoms with Crippen LogP contribution < -0.4 is 0 Å². The number of unbranched alkanes of at least 4 members (excludes halogenated alkanes) is 17. The highest BCUT2D eigenvalue weighted by molar-refractivity contribution is 7.47. The van der Waals surface area contributed by atoms with E-state index in [0.29, 0.717) is 32.1 Å². The van der Waals surface area contributed by atoms with Gasteiger partial charge in [0.25, 0.3) is 0 Å². The molecule has 4 N–H and O–H groups in total. The number of carbonyl (C=O) groups is 3. The average Bonchev–Trinajstić information content (AvgIpc) is 0.934. The van der Waals surface area contributed by atoms with Gasteiger partial charge in [-0.25, -0.2) is 9.13 Å². The molecule has 16 nitrogen and oxygen atoms in total. The SMILES string of the molecule is CC/C=C\C/C=C\C/C=C\C/C=C\C/C=C\C/C=C\CCC(=O)OCC(COP(=O)(O)OCC(O)COP(=O)(O)OCC(O)COC(=O)CCCCCCCCCCCCCCCCCCC/C=C\C/C=C\C/C=C\C/C=C\C/C=C\CC)OC(=O)CC/C=C\C/C=C\C/C=C\C/C=C\C/C=C\C/C=C\CC. The first kappa shape index (κ1) is 101. The van der Waals surface area contributed by atoms with Crippen molar-refractivity contribution in [2.45, 2.75) is 296 Å². The number of hydrogen-bond donors (Lipinski definition) is 4. The molecule has 5 unspecified atom stereocenters. The molecule has 0 bridgehead atoms. The molecule has 0 aromatic carbocycles. The minimum absolute atomic E-state index is 0.0210. The molecule has 0 aromatic heterocycles. The Morgan fingerprint density at radius 2 is 0.486 bits per heavy atom. The Morgan fingerprint density at radius 3 is 0.794 bits per heavy atom. The molecule has 0 aliphatic carbocycles. The summed E-state index contributed by atoms with van der Waals surface area (Å²) >= 11 is 0. The first-order chi connectivity index (χ1) is 52.2. The molecule has 0 rings (SSSR count). The molecule has 0 aromatic rings. The Kier molecular flexibility index (Phi) is 75.3. The lowest BCUT2D eigenvalue weighted by Crippen LogP contribution is -2.29. The number of phosphoric acid groups is 2. The van der Waals surface area contributed by atoms with Crippen molar-refractivity contribution < 1.29 is 75.8 Å². The van der Waals surface area contributed by atoms with E-state index < -0.39 is 91.5 Å². The Morgan fingerprint density at radius 1 is 0.262 bits per heavy atom. The van der Waals surface area contributed by atoms with Crippen LogP contribution in [0.3, 0.4) is 0 Å². The maximum absolute atomic E-state index is 12.9. The molecular weight excluding hydrogens is 1390 g/mol. The lowest BCUT2D eigenvalue weighted by molar-refractivity contribution is -0.161. The quantitative estimate of drug-likeness (QED) is 0.0146. The minimum Gasteiger partial charge on any atom is -0.463 e. The van der Waals surface area contributed by atoms with Gasteiger partial charge in [0.15, 0.2) is 6.10 Å². The second-order valence-electron chi connectivity index (χ2n) is 26.1. The fourth-order valence-electron chi connectivity index (χ4n) is 10.0. The Bertz CT molecular complexity index is 2770. The van der Waals surface area contributed by atoms with E-state index in [1.54, 1.807) is 0 Å². The molecule has 0 fully saturated rings. The van der Waals surface area contributed by atoms with E-state index in [1.807, 2.05) is 36.5 Å². The van der Waals surface area contributed by atoms with Gasteiger partial charge in [0.2, 0.25) is 0 Å². The van der Waals surface area contributed by atoms with Crippen LogP contribution >= 0.6 is 15.6 Å². The summed E-state index contributed by atoms with van der Waals surface area (Å²) in [5.74, 6) is -1.79. The molecule has 0 saturated heterocycles. The van der Waals surface area contributed by atoms with Crippen LogP contribution in [-0.4, -0.2) is 95.9 Å². The van der Waals surface area contributed by atoms with Gasteiger partial charge in [-0.3, -0.25) is 32.5 Å². The maximum Gasteiger partial charge on any atom is 0.472 e. The van der Waals surface area contributed by atoms with Gasteiger partial charge in [-0.2, -0.15) is 0 Å². The van der Waals surface area contributed by atoms with Gasteiger partial charge in [-0.05, 0) is 141 Å². The number of aliphatic hydroxyl groups excluding tert-OH is 2. The summed E-state index contributed by atoms with van der Waals surface area (Å²) in [5.41, 5.74) is 0. The highest BCUT2D eigenvalue weighted by Crippen LogP contribution is 2.45. The van der Waals surface area contributed by atoms with E-state index in [-0.39, 0.29) is 19.3 Å². The van der Waals surface area contributed by atoms with Gasteiger partial charge in [0.05, 0.1) is 26.4 Å². The summed E-state index contributed by atoms with van der Waals surface area (Å²) in [6.45, 7) is 2.14. The highest BCUT2D eigenvalue weighted by atomic mass is 31.2. The summed E-state index contributed by atoms with van der Waals surface area (Å²) in [4.78, 5) is 58.6. The van der Waals surface area contributed by atoms with Crippen LogP contribution in [0, 0.1) is 0 Å². The Balaban J connectivity index is 4.61. The van der Waals surface area contributed by atoms with Gasteiger partial charge in [-0.1, -0.05) is 324 Å². The van der Waals surface area contributed by atoms with Crippen molar-refractivity contribution in [1.29, 1.82) is 0 Å². The van der Waals surface area contributed by atoms with Gasteiger partial charge < -0.3 is 34.2 Å². The zero-order chi connectivity index (χ0) is 78.0. The predicted molar refractivity (Wildman–Crippen MR) is 444 cm³/mol. The third kappa shape index (κ3) is 81.0. The molecule has 0 spiro atoms. The zero-order valence-electron chi connectivity index (χ0n) is 66.0. The standard InChI is InChI=1S/C89H142O16P2/c1-4-7-10-13-16-19-22-25-28-31-34-35-36-37-38-39-40-41-42-43-44-45-46-47-50-52-54-57-60-63-66-69-72-75-87(92)99-78-84(90)79-101-106(95,96)102-80-85(91)81-103-107(97,98)104-83-86(105-89(94)77-74-71-68-65-62-59-56-53-49-33-30-27-24-21-18-15-12-9-6-3)82-100-88(93)76-73-70-67-64-61-58-55-51-48-32-29-26-23-20-17-14-11-8-5-2/h7-12,16-21,25-30,34-35,37-38,48-49,51,53,58-59,61-62,67-68,70-71,84-86,90-91H,4-6,13-15,22-24,31-33,36,39-47,50,52,54-57,60,63-66,69,72-83H2,1-3H3,(H,95,96)(H,97,98)/b10-7-,11-8-,12-9-,19-16-,20-17-,21-18-,28-25-,29-26-,30-27-,35-34-,38-37-,51-48-,53-49-,61-58-,62-59-,70-67-,71-68-. The maximum atomic E-state index is 12.9. The second-order valence-corrected chi connectivity index (χ2v) is 29.0. The van der Waals surface area contributed by atoms with Crippen LogP contribution in [0.1, 0.15) is 278 Å². The van der Waals surface area contributed by atoms with Gasteiger partial charge in [0, 0.05) is 19.3 Å². The molecule has 0 aliphatic rings. The minimum atomic E-state index is -4.98. The van der Waals surface area contributed by atoms with Crippen molar-refractivity contribution in [3.05, 3.63) is 207 Å². The number of carbonyl (C=O) groups excluding carboxylic acids is 3. The summed E-state index contributed by atoms with van der Waals surface area (Å²) in [5, 5.41) is 20.7. The molecule has 0 radical (unpaired) electrons. The molecule has 0 aliphatic heterocycles. The largest absolute Gasteiger partial charge is 0.472 e. The average molecular weight is 1530 g/mol. The van der Waals surface area contributed by atoms with Crippen LogP contribution in [0.15, 0.2) is 207 Å². The highest BCUT2D eigenvalue weighted by Gasteiger charge is 2.29. The summed E-state index contributed by atoms with van der Waals surface area (Å²) in [6, 6.07) is 0. The summed E-state index contributed by atoms with van der Waals surface area (Å²) in [6.07, 6.45) is 106. The summed E-state index contributed by atoms with van der Waals surface area (Å²) < 4.78 is 61.0. The van der Waals surface area contributed by atoms with E-state index in [9.17, 15) is 43.5 Å². The van der Waals surface area contributed by atoms with E-state index in [4.69, 9.17) is 32.3 Å². The lowest BCUT2D eigenvalue weighted by Gasteiger charge is -2.21. The first-order valence-electron chi connectivity index (χ1n) is 40.4. The number of rotatable bonds is 74. The molecule has 0 heterocycles. The molecule has 0 amide bonds. The van der Waals surface area contributed by atoms with Crippen LogP contribution in [0.5, 0.6) is 0 Å². The number of ether oxygens (including phenoxy) is 3. The number of allylic oxidation sites excluding steroid dienone is 34. The van der Waals surface area contributed by atoms with Crippen molar-refractivity contribution in [2.24, 2.45) is 0 Å². The van der Waals surface area contributed by atoms with E-state index in [1.165, 1.54) is 89.9 Å². The van der Waals surface area contributed by atoms with Gasteiger partial charge in [-0.15, -0.1) is 0 Å². The number of esters is 3. The van der Waals surface area contributed by atoms with Crippen LogP contribution in [0.4, 0.5) is 0 Å². The normalized spacial score (nSPS) is 15.0.